The van der Waals surface area contributed by atoms with E-state index in [4.69, 9.17) is 18.9 Å². The van der Waals surface area contributed by atoms with Crippen molar-refractivity contribution in [2.24, 2.45) is 4.99 Å². The van der Waals surface area contributed by atoms with Gasteiger partial charge < -0.3 is 34.5 Å². The third-order valence-electron chi connectivity index (χ3n) is 9.95. The lowest BCUT2D eigenvalue weighted by molar-refractivity contribution is -0.142. The molecule has 0 saturated heterocycles. The zero-order chi connectivity index (χ0) is 41.1. The Labute approximate surface area is 340 Å². The van der Waals surface area contributed by atoms with Crippen molar-refractivity contribution >= 4 is 35.4 Å². The highest BCUT2D eigenvalue weighted by atomic mass is 32.2. The molecular formula is C43H67N5O7S. The molecule has 3 rings (SSSR count). The number of unbranched alkanes of at least 4 members (excludes halogenated alkanes) is 2. The number of nitrogens with zero attached hydrogens (tertiary/aromatic N) is 3. The van der Waals surface area contributed by atoms with Crippen LogP contribution in [0.3, 0.4) is 0 Å². The van der Waals surface area contributed by atoms with Crippen LogP contribution in [0.5, 0.6) is 5.75 Å². The van der Waals surface area contributed by atoms with Gasteiger partial charge in [0.2, 0.25) is 11.8 Å². The van der Waals surface area contributed by atoms with Crippen molar-refractivity contribution in [3.63, 3.8) is 0 Å². The highest BCUT2D eigenvalue weighted by Gasteiger charge is 2.29. The molecule has 12 nitrogen and oxygen atoms in total. The fourth-order valence-electron chi connectivity index (χ4n) is 6.06. The molecule has 1 aliphatic rings. The number of amides is 2. The minimum absolute atomic E-state index is 0.00572. The Bertz CT molecular complexity index is 1560. The van der Waals surface area contributed by atoms with Crippen molar-refractivity contribution in [1.82, 2.24) is 19.8 Å². The van der Waals surface area contributed by atoms with Crippen molar-refractivity contribution in [2.75, 3.05) is 73.8 Å². The lowest BCUT2D eigenvalue weighted by atomic mass is 9.98. The van der Waals surface area contributed by atoms with Crippen molar-refractivity contribution in [3.8, 4) is 5.75 Å². The number of Topliss-reactive ketones (excluding diaryl/α,β-unsaturated/α-hetero) is 1. The van der Waals surface area contributed by atoms with E-state index in [1.165, 1.54) is 4.90 Å². The largest absolute Gasteiger partial charge is 0.497 e. The zero-order valence-electron chi connectivity index (χ0n) is 35.4. The van der Waals surface area contributed by atoms with Gasteiger partial charge in [-0.1, -0.05) is 24.3 Å². The van der Waals surface area contributed by atoms with Crippen molar-refractivity contribution in [3.05, 3.63) is 58.7 Å². The van der Waals surface area contributed by atoms with E-state index < -0.39 is 5.60 Å². The predicted molar refractivity (Wildman–Crippen MR) is 224 cm³/mol. The Morgan fingerprint density at radius 3 is 2.29 bits per heavy atom. The molecule has 0 aromatic heterocycles. The van der Waals surface area contributed by atoms with Crippen molar-refractivity contribution in [2.45, 2.75) is 109 Å². The first kappa shape index (κ1) is 46.9. The van der Waals surface area contributed by atoms with Crippen molar-refractivity contribution in [1.29, 1.82) is 0 Å². The quantitative estimate of drug-likeness (QED) is 0.0787. The van der Waals surface area contributed by atoms with Crippen LogP contribution in [-0.2, 0) is 35.1 Å². The second-order valence-electron chi connectivity index (χ2n) is 15.5. The third-order valence-corrected chi connectivity index (χ3v) is 11.3. The first-order chi connectivity index (χ1) is 26.6. The molecular weight excluding hydrogens is 731 g/mol. The maximum Gasteiger partial charge on any atom is 0.248 e. The van der Waals surface area contributed by atoms with E-state index in [1.54, 1.807) is 40.0 Å². The highest BCUT2D eigenvalue weighted by Crippen LogP contribution is 2.31. The van der Waals surface area contributed by atoms with E-state index in [0.29, 0.717) is 52.2 Å². The van der Waals surface area contributed by atoms with Gasteiger partial charge in [-0.25, -0.2) is 4.31 Å². The van der Waals surface area contributed by atoms with Gasteiger partial charge >= 0.3 is 0 Å². The average Bonchev–Trinajstić information content (AvgIpc) is 3.71. The summed E-state index contributed by atoms with van der Waals surface area (Å²) in [6.45, 7) is 16.4. The van der Waals surface area contributed by atoms with Crippen LogP contribution in [0.25, 0.3) is 0 Å². The van der Waals surface area contributed by atoms with Gasteiger partial charge in [-0.2, -0.15) is 0 Å². The molecule has 2 amide bonds. The van der Waals surface area contributed by atoms with Gasteiger partial charge in [-0.3, -0.25) is 19.4 Å². The number of hydrogen-bond donors (Lipinski definition) is 2. The highest BCUT2D eigenvalue weighted by molar-refractivity contribution is 7.97. The SMILES string of the molecule is COc1cc(C)c(SN(C)CCOCC(=O)N(CCCCCNC(=O)CCCC(=O)C(C)(C)OCCC(C)(C)OC)Cc2ccc(C3=NCCN3)cc2)c(C)c1. The monoisotopic (exact) mass is 797 g/mol. The van der Waals surface area contributed by atoms with Gasteiger partial charge in [0.15, 0.2) is 5.78 Å². The predicted octanol–water partition coefficient (Wildman–Crippen LogP) is 6.28. The number of hydrogen-bond acceptors (Lipinski definition) is 11. The first-order valence-electron chi connectivity index (χ1n) is 19.9. The van der Waals surface area contributed by atoms with Crippen LogP contribution >= 0.6 is 11.9 Å². The summed E-state index contributed by atoms with van der Waals surface area (Å²) < 4.78 is 24.7. The molecule has 2 aromatic rings. The summed E-state index contributed by atoms with van der Waals surface area (Å²) in [5.74, 6) is 1.63. The molecule has 0 fully saturated rings. The van der Waals surface area contributed by atoms with E-state index in [0.717, 1.165) is 66.2 Å². The maximum atomic E-state index is 13.5. The number of aryl methyl sites for hydroxylation is 2. The number of rotatable bonds is 27. The molecule has 0 bridgehead atoms. The van der Waals surface area contributed by atoms with Crippen LogP contribution in [0.4, 0.5) is 0 Å². The van der Waals surface area contributed by atoms with Crippen LogP contribution < -0.4 is 15.4 Å². The minimum atomic E-state index is -0.903. The zero-order valence-corrected chi connectivity index (χ0v) is 36.2. The molecule has 312 valence electrons. The standard InChI is InChI=1S/C43H67N5O7S/c1-32-28-36(52-8)29-33(2)40(32)56-47(7)25-27-54-31-39(51)48(30-34-16-18-35(19-17-34)41-45-22-23-46-41)24-12-10-11-21-44-38(50)15-13-14-37(49)43(5,6)55-26-20-42(3,4)53-9/h16-19,28-29H,10-15,20-27,30-31H2,1-9H3,(H,44,50)(H,45,46). The van der Waals surface area contributed by atoms with E-state index in [2.05, 4.69) is 45.9 Å². The molecule has 0 saturated carbocycles. The number of benzene rings is 2. The van der Waals surface area contributed by atoms with Gasteiger partial charge in [-0.05, 0) is 121 Å². The molecule has 0 atom stereocenters. The molecule has 0 aliphatic carbocycles. The second-order valence-corrected chi connectivity index (χ2v) is 16.7. The minimum Gasteiger partial charge on any atom is -0.497 e. The Morgan fingerprint density at radius 2 is 1.64 bits per heavy atom. The first-order valence-corrected chi connectivity index (χ1v) is 20.7. The van der Waals surface area contributed by atoms with Gasteiger partial charge in [0.25, 0.3) is 0 Å². The number of nitrogens with one attached hydrogen (secondary N) is 2. The van der Waals surface area contributed by atoms with Crippen LogP contribution in [0.15, 0.2) is 46.3 Å². The number of likely N-dealkylation sites (N-methyl/N-ethyl adjacent to an activating group) is 1. The molecule has 0 radical (unpaired) electrons. The summed E-state index contributed by atoms with van der Waals surface area (Å²) in [5, 5.41) is 6.28. The Hall–Kier alpha value is -3.49. The van der Waals surface area contributed by atoms with Crippen LogP contribution in [0.2, 0.25) is 0 Å². The summed E-state index contributed by atoms with van der Waals surface area (Å²) in [4.78, 5) is 46.3. The van der Waals surface area contributed by atoms with Gasteiger partial charge in [-0.15, -0.1) is 0 Å². The number of methoxy groups -OCH3 is 2. The molecule has 0 unspecified atom stereocenters. The van der Waals surface area contributed by atoms with Crippen molar-refractivity contribution < 1.29 is 33.3 Å². The smallest absolute Gasteiger partial charge is 0.248 e. The second kappa shape index (κ2) is 23.7. The summed E-state index contributed by atoms with van der Waals surface area (Å²) in [6.07, 6.45) is 4.17. The van der Waals surface area contributed by atoms with E-state index in [1.807, 2.05) is 50.1 Å². The van der Waals surface area contributed by atoms with E-state index in [9.17, 15) is 14.4 Å². The number of ether oxygens (including phenoxy) is 4. The number of aliphatic imine (C=N–C) groups is 1. The number of amidine groups is 1. The summed E-state index contributed by atoms with van der Waals surface area (Å²) in [6, 6.07) is 12.3. The Kier molecular flexibility index (Phi) is 19.8. The summed E-state index contributed by atoms with van der Waals surface area (Å²) >= 11 is 1.66. The Morgan fingerprint density at radius 1 is 0.929 bits per heavy atom. The molecule has 56 heavy (non-hydrogen) atoms. The van der Waals surface area contributed by atoms with E-state index in [-0.39, 0.29) is 42.6 Å². The normalized spacial score (nSPS) is 13.1. The molecule has 2 aromatic carbocycles. The fourth-order valence-corrected chi connectivity index (χ4v) is 6.94. The molecule has 13 heteroatoms. The topological polar surface area (TPSA) is 131 Å². The van der Waals surface area contributed by atoms with Crippen LogP contribution in [-0.4, -0.2) is 118 Å². The van der Waals surface area contributed by atoms with E-state index >= 15 is 0 Å². The summed E-state index contributed by atoms with van der Waals surface area (Å²) in [5.41, 5.74) is 3.18. The number of carbonyl (C=O) groups is 3. The maximum absolute atomic E-state index is 13.5. The molecule has 0 spiro atoms. The molecule has 2 N–H and O–H groups in total. The fraction of sp³-hybridized carbons (Fsp3) is 0.628. The van der Waals surface area contributed by atoms with Gasteiger partial charge in [0.1, 0.15) is 23.8 Å². The van der Waals surface area contributed by atoms with Crippen LogP contribution in [0, 0.1) is 13.8 Å². The molecule has 1 aliphatic heterocycles. The lowest BCUT2D eigenvalue weighted by Crippen LogP contribution is -2.37. The number of carbonyl (C=O) groups excluding carboxylic acids is 3. The third kappa shape index (κ3) is 16.5. The van der Waals surface area contributed by atoms with Gasteiger partial charge in [0.05, 0.1) is 32.5 Å². The van der Waals surface area contributed by atoms with Gasteiger partial charge in [0, 0.05) is 63.1 Å². The molecule has 1 heterocycles. The average molecular weight is 798 g/mol. The van der Waals surface area contributed by atoms with Crippen LogP contribution in [0.1, 0.15) is 94.9 Å². The lowest BCUT2D eigenvalue weighted by Gasteiger charge is -2.28. The summed E-state index contributed by atoms with van der Waals surface area (Å²) in [7, 11) is 5.36. The number of ketones is 1. The Balaban J connectivity index is 1.41.